The number of carboxylic acids is 1. The molecule has 0 aliphatic carbocycles. The molecule has 4 nitrogen and oxygen atoms in total. The third kappa shape index (κ3) is 4.30. The molecule has 1 N–H and O–H groups in total. The van der Waals surface area contributed by atoms with Crippen molar-refractivity contribution in [3.63, 3.8) is 0 Å². The van der Waals surface area contributed by atoms with Crippen LogP contribution in [0.25, 0.3) is 0 Å². The topological polar surface area (TPSA) is 43.8 Å². The highest BCUT2D eigenvalue weighted by molar-refractivity contribution is 7.99. The van der Waals surface area contributed by atoms with Gasteiger partial charge in [-0.2, -0.15) is 0 Å². The molecular formula is C22H26N2O2S. The van der Waals surface area contributed by atoms with Gasteiger partial charge in [0, 0.05) is 29.4 Å². The first kappa shape index (κ1) is 18.4. The first-order valence-electron chi connectivity index (χ1n) is 9.75. The summed E-state index contributed by atoms with van der Waals surface area (Å²) in [5.74, 6) is -0.837. The van der Waals surface area contributed by atoms with Crippen molar-refractivity contribution in [2.45, 2.75) is 35.6 Å². The van der Waals surface area contributed by atoms with Crippen LogP contribution in [0.2, 0.25) is 0 Å². The highest BCUT2D eigenvalue weighted by Gasteiger charge is 2.25. The van der Waals surface area contributed by atoms with Crippen molar-refractivity contribution in [1.29, 1.82) is 0 Å². The largest absolute Gasteiger partial charge is 0.481 e. The molecule has 2 heterocycles. The molecule has 5 heteroatoms. The van der Waals surface area contributed by atoms with Crippen molar-refractivity contribution >= 4 is 23.4 Å². The average molecular weight is 383 g/mol. The Morgan fingerprint density at radius 2 is 1.85 bits per heavy atom. The van der Waals surface area contributed by atoms with E-state index < -0.39 is 5.97 Å². The van der Waals surface area contributed by atoms with Crippen molar-refractivity contribution in [3.8, 4) is 0 Å². The van der Waals surface area contributed by atoms with Crippen LogP contribution in [0.15, 0.2) is 58.3 Å². The SMILES string of the molecule is O=C(O)[C@@H]1CCCN(CCCN2Cc3ccccc3Sc3ccccc32)C1. The van der Waals surface area contributed by atoms with Gasteiger partial charge in [0.25, 0.3) is 0 Å². The van der Waals surface area contributed by atoms with E-state index in [4.69, 9.17) is 0 Å². The number of nitrogens with zero attached hydrogens (tertiary/aromatic N) is 2. The summed E-state index contributed by atoms with van der Waals surface area (Å²) in [5, 5.41) is 9.28. The number of benzene rings is 2. The van der Waals surface area contributed by atoms with Gasteiger partial charge in [0.1, 0.15) is 0 Å². The van der Waals surface area contributed by atoms with E-state index in [0.29, 0.717) is 6.54 Å². The molecule has 2 aromatic carbocycles. The lowest BCUT2D eigenvalue weighted by Gasteiger charge is -2.32. The molecule has 1 atom stereocenters. The van der Waals surface area contributed by atoms with Crippen molar-refractivity contribution in [3.05, 3.63) is 54.1 Å². The standard InChI is InChI=1S/C22H26N2O2S/c25-22(26)18-8-5-12-23(15-18)13-6-14-24-16-17-7-1-3-10-20(17)27-21-11-4-2-9-19(21)24/h1-4,7,9-11,18H,5-6,8,12-16H2,(H,25,26)/t18-/m1/s1. The molecule has 142 valence electrons. The number of carbonyl (C=O) groups is 1. The number of hydrogen-bond donors (Lipinski definition) is 1. The van der Waals surface area contributed by atoms with Crippen LogP contribution in [0, 0.1) is 5.92 Å². The van der Waals surface area contributed by atoms with Gasteiger partial charge in [0.05, 0.1) is 11.6 Å². The summed E-state index contributed by atoms with van der Waals surface area (Å²) in [6.07, 6.45) is 2.86. The molecule has 1 fully saturated rings. The molecule has 4 rings (SSSR count). The predicted molar refractivity (Wildman–Crippen MR) is 109 cm³/mol. The van der Waals surface area contributed by atoms with Crippen LogP contribution in [-0.2, 0) is 11.3 Å². The molecule has 0 bridgehead atoms. The second-order valence-electron chi connectivity index (χ2n) is 7.43. The number of para-hydroxylation sites is 1. The second kappa shape index (κ2) is 8.36. The predicted octanol–water partition coefficient (Wildman–Crippen LogP) is 4.34. The number of likely N-dealkylation sites (tertiary alicyclic amines) is 1. The van der Waals surface area contributed by atoms with Crippen LogP contribution in [0.4, 0.5) is 5.69 Å². The normalized spacial score (nSPS) is 19.9. The Morgan fingerprint density at radius 3 is 2.70 bits per heavy atom. The van der Waals surface area contributed by atoms with Crippen molar-refractivity contribution in [1.82, 2.24) is 4.90 Å². The number of fused-ring (bicyclic) bond motifs is 2. The summed E-state index contributed by atoms with van der Waals surface area (Å²) in [4.78, 5) is 18.7. The maximum atomic E-state index is 11.3. The van der Waals surface area contributed by atoms with Crippen LogP contribution in [0.5, 0.6) is 0 Å². The smallest absolute Gasteiger partial charge is 0.307 e. The molecule has 0 amide bonds. The van der Waals surface area contributed by atoms with Gasteiger partial charge in [-0.05, 0) is 56.1 Å². The maximum Gasteiger partial charge on any atom is 0.307 e. The molecule has 0 unspecified atom stereocenters. The fraction of sp³-hybridized carbons (Fsp3) is 0.409. The van der Waals surface area contributed by atoms with Crippen molar-refractivity contribution in [2.75, 3.05) is 31.1 Å². The minimum absolute atomic E-state index is 0.194. The summed E-state index contributed by atoms with van der Waals surface area (Å²) in [6.45, 7) is 4.61. The Labute approximate surface area is 165 Å². The molecule has 0 saturated carbocycles. The van der Waals surface area contributed by atoms with Crippen LogP contribution in [-0.4, -0.2) is 42.2 Å². The number of piperidine rings is 1. The summed E-state index contributed by atoms with van der Waals surface area (Å²) in [6, 6.07) is 17.3. The van der Waals surface area contributed by atoms with Crippen LogP contribution >= 0.6 is 11.8 Å². The Bertz CT molecular complexity index is 810. The lowest BCUT2D eigenvalue weighted by molar-refractivity contribution is -0.143. The van der Waals surface area contributed by atoms with E-state index in [2.05, 4.69) is 58.3 Å². The van der Waals surface area contributed by atoms with Crippen molar-refractivity contribution < 1.29 is 9.90 Å². The number of anilines is 1. The summed E-state index contributed by atoms with van der Waals surface area (Å²) in [7, 11) is 0. The first-order valence-corrected chi connectivity index (χ1v) is 10.6. The Balaban J connectivity index is 1.43. The second-order valence-corrected chi connectivity index (χ2v) is 8.51. The van der Waals surface area contributed by atoms with Gasteiger partial charge in [-0.1, -0.05) is 42.1 Å². The van der Waals surface area contributed by atoms with Crippen LogP contribution in [0.3, 0.4) is 0 Å². The fourth-order valence-electron chi connectivity index (χ4n) is 4.09. The van der Waals surface area contributed by atoms with E-state index in [1.807, 2.05) is 11.8 Å². The fourth-order valence-corrected chi connectivity index (χ4v) is 5.19. The zero-order valence-electron chi connectivity index (χ0n) is 15.5. The van der Waals surface area contributed by atoms with Crippen LogP contribution in [0.1, 0.15) is 24.8 Å². The highest BCUT2D eigenvalue weighted by Crippen LogP contribution is 2.41. The molecule has 2 aromatic rings. The van der Waals surface area contributed by atoms with E-state index >= 15 is 0 Å². The Kier molecular flexibility index (Phi) is 5.69. The highest BCUT2D eigenvalue weighted by atomic mass is 32.2. The van der Waals surface area contributed by atoms with Gasteiger partial charge in [-0.3, -0.25) is 4.79 Å². The van der Waals surface area contributed by atoms with Crippen molar-refractivity contribution in [2.24, 2.45) is 5.92 Å². The van der Waals surface area contributed by atoms with Gasteiger partial charge >= 0.3 is 5.97 Å². The maximum absolute atomic E-state index is 11.3. The van der Waals surface area contributed by atoms with Gasteiger partial charge in [-0.15, -0.1) is 0 Å². The summed E-state index contributed by atoms with van der Waals surface area (Å²) >= 11 is 1.85. The molecule has 2 aliphatic heterocycles. The minimum atomic E-state index is -0.644. The molecule has 0 spiro atoms. The number of aliphatic carboxylic acids is 1. The van der Waals surface area contributed by atoms with E-state index in [-0.39, 0.29) is 5.92 Å². The first-order chi connectivity index (χ1) is 13.2. The van der Waals surface area contributed by atoms with E-state index in [1.54, 1.807) is 0 Å². The zero-order chi connectivity index (χ0) is 18.6. The molecular weight excluding hydrogens is 356 g/mol. The monoisotopic (exact) mass is 382 g/mol. The third-order valence-electron chi connectivity index (χ3n) is 5.52. The van der Waals surface area contributed by atoms with Gasteiger partial charge < -0.3 is 14.9 Å². The molecule has 0 radical (unpaired) electrons. The zero-order valence-corrected chi connectivity index (χ0v) is 16.3. The minimum Gasteiger partial charge on any atom is -0.481 e. The third-order valence-corrected chi connectivity index (χ3v) is 6.70. The van der Waals surface area contributed by atoms with E-state index in [0.717, 1.165) is 45.4 Å². The van der Waals surface area contributed by atoms with Gasteiger partial charge in [0.15, 0.2) is 0 Å². The van der Waals surface area contributed by atoms with Gasteiger partial charge in [-0.25, -0.2) is 0 Å². The Hall–Kier alpha value is -1.98. The molecule has 0 aromatic heterocycles. The number of carboxylic acid groups (broad SMARTS) is 1. The Morgan fingerprint density at radius 1 is 1.07 bits per heavy atom. The average Bonchev–Trinajstić information content (AvgIpc) is 2.85. The van der Waals surface area contributed by atoms with E-state index in [1.165, 1.54) is 21.0 Å². The quantitative estimate of drug-likeness (QED) is 0.833. The number of hydrogen-bond acceptors (Lipinski definition) is 4. The summed E-state index contributed by atoms with van der Waals surface area (Å²) < 4.78 is 0. The van der Waals surface area contributed by atoms with Gasteiger partial charge in [0.2, 0.25) is 0 Å². The number of rotatable bonds is 5. The molecule has 2 aliphatic rings. The molecule has 27 heavy (non-hydrogen) atoms. The summed E-state index contributed by atoms with van der Waals surface area (Å²) in [5.41, 5.74) is 2.68. The molecule has 1 saturated heterocycles. The van der Waals surface area contributed by atoms with E-state index in [9.17, 15) is 9.90 Å². The van der Waals surface area contributed by atoms with Crippen LogP contribution < -0.4 is 4.90 Å². The lowest BCUT2D eigenvalue weighted by atomic mass is 9.98. The lowest BCUT2D eigenvalue weighted by Crippen LogP contribution is -2.40.